The second-order valence-corrected chi connectivity index (χ2v) is 14.0. The Kier molecular flexibility index (Phi) is 7.83. The molecule has 0 fully saturated rings. The predicted octanol–water partition coefficient (Wildman–Crippen LogP) is 12.7. The van der Waals surface area contributed by atoms with Crippen molar-refractivity contribution in [1.29, 1.82) is 0 Å². The Morgan fingerprint density at radius 3 is 1.77 bits per heavy atom. The van der Waals surface area contributed by atoms with E-state index < -0.39 is 0 Å². The molecule has 0 amide bonds. The van der Waals surface area contributed by atoms with Crippen LogP contribution in [-0.4, -0.2) is 15.0 Å². The van der Waals surface area contributed by atoms with Crippen molar-refractivity contribution >= 4 is 5.69 Å². The van der Waals surface area contributed by atoms with E-state index in [9.17, 15) is 0 Å². The zero-order chi connectivity index (χ0) is 35.9. The molecule has 0 saturated heterocycles. The number of pyridine rings is 1. The van der Waals surface area contributed by atoms with Gasteiger partial charge in [-0.05, 0) is 86.5 Å². The molecule has 0 spiro atoms. The molecule has 0 radical (unpaired) electrons. The summed E-state index contributed by atoms with van der Waals surface area (Å²) in [7, 11) is 0. The van der Waals surface area contributed by atoms with Crippen molar-refractivity contribution in [2.24, 2.45) is 0 Å². The van der Waals surface area contributed by atoms with Gasteiger partial charge in [-0.25, -0.2) is 14.8 Å². The van der Waals surface area contributed by atoms with Crippen LogP contribution in [0.4, 0.5) is 5.69 Å². The standard InChI is InChI=1S/C49H34N4/c1-49(2)42-17-10-18-44(50-3)47(42)41-24-23-36(29-43(41)49)38-26-39(37-16-11-25-51-31-37)28-40(27-38)46-30-45(52-48(53-46)35-14-8-5-9-15-35)34-21-19-33(20-22-34)32-12-6-4-7-13-32/h4-31H,1-2H3. The smallest absolute Gasteiger partial charge is 0.195 e. The third-order valence-electron chi connectivity index (χ3n) is 10.4. The van der Waals surface area contributed by atoms with Gasteiger partial charge in [0.2, 0.25) is 0 Å². The maximum Gasteiger partial charge on any atom is 0.195 e. The van der Waals surface area contributed by atoms with E-state index in [1.54, 1.807) is 6.20 Å². The minimum Gasteiger partial charge on any atom is -0.264 e. The Hall–Kier alpha value is -6.96. The summed E-state index contributed by atoms with van der Waals surface area (Å²) in [6, 6.07) is 54.8. The molecule has 53 heavy (non-hydrogen) atoms. The molecule has 1 aliphatic rings. The van der Waals surface area contributed by atoms with E-state index in [-0.39, 0.29) is 5.41 Å². The monoisotopic (exact) mass is 678 g/mol. The maximum absolute atomic E-state index is 7.87. The van der Waals surface area contributed by atoms with Crippen molar-refractivity contribution in [2.75, 3.05) is 0 Å². The van der Waals surface area contributed by atoms with Gasteiger partial charge in [0, 0.05) is 40.1 Å². The van der Waals surface area contributed by atoms with Gasteiger partial charge in [-0.3, -0.25) is 4.98 Å². The van der Waals surface area contributed by atoms with Gasteiger partial charge in [0.1, 0.15) is 0 Å². The first-order valence-electron chi connectivity index (χ1n) is 17.8. The molecule has 250 valence electrons. The fourth-order valence-corrected chi connectivity index (χ4v) is 7.61. The predicted molar refractivity (Wildman–Crippen MR) is 216 cm³/mol. The number of hydrogen-bond donors (Lipinski definition) is 0. The van der Waals surface area contributed by atoms with Crippen LogP contribution in [0, 0.1) is 6.57 Å². The molecule has 0 saturated carbocycles. The van der Waals surface area contributed by atoms with Crippen LogP contribution in [0.15, 0.2) is 170 Å². The fourth-order valence-electron chi connectivity index (χ4n) is 7.61. The van der Waals surface area contributed by atoms with E-state index in [1.807, 2.05) is 48.7 Å². The lowest BCUT2D eigenvalue weighted by molar-refractivity contribution is 0.661. The normalized spacial score (nSPS) is 12.5. The zero-order valence-corrected chi connectivity index (χ0v) is 29.5. The summed E-state index contributed by atoms with van der Waals surface area (Å²) in [6.45, 7) is 12.4. The molecule has 0 atom stereocenters. The molecular formula is C49H34N4. The minimum atomic E-state index is -0.243. The van der Waals surface area contributed by atoms with Crippen molar-refractivity contribution in [3.63, 3.8) is 0 Å². The summed E-state index contributed by atoms with van der Waals surface area (Å²) in [5, 5.41) is 0. The molecule has 0 unspecified atom stereocenters. The molecule has 4 heteroatoms. The average Bonchev–Trinajstić information content (AvgIpc) is 3.47. The van der Waals surface area contributed by atoms with Crippen molar-refractivity contribution in [2.45, 2.75) is 19.3 Å². The SMILES string of the molecule is [C-]#[N+]c1cccc2c1-c1ccc(-c3cc(-c4cccnc4)cc(-c4cc(-c5ccc(-c6ccccc6)cc5)nc(-c5ccccc5)n4)c3)cc1C2(C)C. The number of benzene rings is 6. The minimum absolute atomic E-state index is 0.243. The highest BCUT2D eigenvalue weighted by Crippen LogP contribution is 2.53. The van der Waals surface area contributed by atoms with Gasteiger partial charge in [-0.15, -0.1) is 0 Å². The van der Waals surface area contributed by atoms with Crippen LogP contribution in [0.3, 0.4) is 0 Å². The fraction of sp³-hybridized carbons (Fsp3) is 0.0612. The average molecular weight is 679 g/mol. The highest BCUT2D eigenvalue weighted by molar-refractivity contribution is 5.92. The number of fused-ring (bicyclic) bond motifs is 3. The van der Waals surface area contributed by atoms with Crippen LogP contribution < -0.4 is 0 Å². The summed E-state index contributed by atoms with van der Waals surface area (Å²) in [5.74, 6) is 0.672. The first-order valence-corrected chi connectivity index (χ1v) is 17.8. The topological polar surface area (TPSA) is 43.0 Å². The van der Waals surface area contributed by atoms with Crippen molar-refractivity contribution in [3.05, 3.63) is 193 Å². The second-order valence-electron chi connectivity index (χ2n) is 14.0. The van der Waals surface area contributed by atoms with Crippen molar-refractivity contribution < 1.29 is 0 Å². The molecule has 9 rings (SSSR count). The third-order valence-corrected chi connectivity index (χ3v) is 10.4. The first kappa shape index (κ1) is 32.0. The van der Waals surface area contributed by atoms with Crippen molar-refractivity contribution in [3.8, 4) is 78.4 Å². The summed E-state index contributed by atoms with van der Waals surface area (Å²) in [5.41, 5.74) is 16.3. The van der Waals surface area contributed by atoms with Crippen molar-refractivity contribution in [1.82, 2.24) is 15.0 Å². The lowest BCUT2D eigenvalue weighted by Crippen LogP contribution is -2.14. The largest absolute Gasteiger partial charge is 0.264 e. The number of rotatable bonds is 6. The molecular weight excluding hydrogens is 645 g/mol. The van der Waals surface area contributed by atoms with Crippen LogP contribution in [0.2, 0.25) is 0 Å². The zero-order valence-electron chi connectivity index (χ0n) is 29.5. The molecule has 4 nitrogen and oxygen atoms in total. The highest BCUT2D eigenvalue weighted by Gasteiger charge is 2.36. The van der Waals surface area contributed by atoms with Crippen LogP contribution >= 0.6 is 0 Å². The molecule has 0 N–H and O–H groups in total. The van der Waals surface area contributed by atoms with Crippen LogP contribution in [0.1, 0.15) is 25.0 Å². The molecule has 2 heterocycles. The molecule has 0 bridgehead atoms. The summed E-state index contributed by atoms with van der Waals surface area (Å²) < 4.78 is 0. The Morgan fingerprint density at radius 2 is 1.08 bits per heavy atom. The lowest BCUT2D eigenvalue weighted by Gasteiger charge is -2.22. The van der Waals surface area contributed by atoms with Gasteiger partial charge < -0.3 is 0 Å². The summed E-state index contributed by atoms with van der Waals surface area (Å²) in [4.78, 5) is 18.7. The van der Waals surface area contributed by atoms with Crippen LogP contribution in [0.5, 0.6) is 0 Å². The number of nitrogens with zero attached hydrogens (tertiary/aromatic N) is 4. The lowest BCUT2D eigenvalue weighted by atomic mass is 9.81. The van der Waals surface area contributed by atoms with Gasteiger partial charge in [0.15, 0.2) is 11.5 Å². The Bertz CT molecular complexity index is 2670. The Morgan fingerprint density at radius 1 is 0.472 bits per heavy atom. The van der Waals surface area contributed by atoms with Gasteiger partial charge in [-0.2, -0.15) is 0 Å². The Labute approximate surface area is 310 Å². The molecule has 2 aromatic heterocycles. The van der Waals surface area contributed by atoms with Gasteiger partial charge in [0.05, 0.1) is 18.0 Å². The van der Waals surface area contributed by atoms with Gasteiger partial charge >= 0.3 is 0 Å². The van der Waals surface area contributed by atoms with E-state index in [4.69, 9.17) is 16.5 Å². The maximum atomic E-state index is 7.87. The van der Waals surface area contributed by atoms with Crippen LogP contribution in [0.25, 0.3) is 83.3 Å². The number of aromatic nitrogens is 3. The molecule has 1 aliphatic carbocycles. The van der Waals surface area contributed by atoms with E-state index in [2.05, 4.69) is 139 Å². The quantitative estimate of drug-likeness (QED) is 0.164. The van der Waals surface area contributed by atoms with E-state index in [1.165, 1.54) is 16.7 Å². The van der Waals surface area contributed by atoms with Gasteiger partial charge in [0.25, 0.3) is 0 Å². The molecule has 8 aromatic rings. The molecule has 6 aromatic carbocycles. The second kappa shape index (κ2) is 13.0. The van der Waals surface area contributed by atoms with Gasteiger partial charge in [-0.1, -0.05) is 135 Å². The summed E-state index contributed by atoms with van der Waals surface area (Å²) >= 11 is 0. The number of hydrogen-bond acceptors (Lipinski definition) is 3. The van der Waals surface area contributed by atoms with E-state index >= 15 is 0 Å². The first-order chi connectivity index (χ1) is 26.0. The van der Waals surface area contributed by atoms with E-state index in [0.717, 1.165) is 67.0 Å². The van der Waals surface area contributed by atoms with E-state index in [0.29, 0.717) is 11.5 Å². The third kappa shape index (κ3) is 5.79. The molecule has 0 aliphatic heterocycles. The summed E-state index contributed by atoms with van der Waals surface area (Å²) in [6.07, 6.45) is 3.71. The Balaban J connectivity index is 1.21. The van der Waals surface area contributed by atoms with Crippen LogP contribution in [-0.2, 0) is 5.41 Å². The highest BCUT2D eigenvalue weighted by atomic mass is 14.9.